The van der Waals surface area contributed by atoms with E-state index >= 15 is 0 Å². The number of nitrogens with one attached hydrogen (secondary N) is 1. The summed E-state index contributed by atoms with van der Waals surface area (Å²) in [6.45, 7) is 0. The normalized spacial score (nSPS) is 10.9. The zero-order valence-electron chi connectivity index (χ0n) is 13.2. The molecule has 0 saturated heterocycles. The van der Waals surface area contributed by atoms with Crippen molar-refractivity contribution in [3.8, 4) is 22.9 Å². The molecule has 0 aliphatic heterocycles. The van der Waals surface area contributed by atoms with Gasteiger partial charge in [-0.1, -0.05) is 6.07 Å². The molecule has 7 nitrogen and oxygen atoms in total. The van der Waals surface area contributed by atoms with Crippen LogP contribution in [0.15, 0.2) is 48.7 Å². The van der Waals surface area contributed by atoms with Crippen molar-refractivity contribution in [2.75, 3.05) is 7.11 Å². The number of benzene rings is 2. The number of hydrogen-bond acceptors (Lipinski definition) is 5. The van der Waals surface area contributed by atoms with Gasteiger partial charge >= 0.3 is 6.16 Å². The lowest BCUT2D eigenvalue weighted by Gasteiger charge is -2.07. The molecule has 0 radical (unpaired) electrons. The number of hydrogen-bond donors (Lipinski definition) is 2. The van der Waals surface area contributed by atoms with E-state index in [1.165, 1.54) is 0 Å². The predicted octanol–water partition coefficient (Wildman–Crippen LogP) is 3.84. The number of aromatic nitrogens is 3. The maximum absolute atomic E-state index is 10.7. The first-order valence-corrected chi connectivity index (χ1v) is 7.48. The molecule has 2 heterocycles. The summed E-state index contributed by atoms with van der Waals surface area (Å²) in [5.74, 6) is 1.56. The number of rotatable bonds is 3. The highest BCUT2D eigenvalue weighted by atomic mass is 16.7. The molecule has 124 valence electrons. The van der Waals surface area contributed by atoms with Gasteiger partial charge in [-0.15, -0.1) is 0 Å². The van der Waals surface area contributed by atoms with Gasteiger partial charge in [0.25, 0.3) is 0 Å². The average molecular weight is 335 g/mol. The van der Waals surface area contributed by atoms with Crippen LogP contribution in [0.3, 0.4) is 0 Å². The summed E-state index contributed by atoms with van der Waals surface area (Å²) in [7, 11) is 1.61. The van der Waals surface area contributed by atoms with E-state index < -0.39 is 6.16 Å². The molecule has 0 atom stereocenters. The Kier molecular flexibility index (Phi) is 3.46. The predicted molar refractivity (Wildman–Crippen MR) is 92.0 cm³/mol. The van der Waals surface area contributed by atoms with Crippen molar-refractivity contribution in [1.82, 2.24) is 15.0 Å². The van der Waals surface area contributed by atoms with Gasteiger partial charge in [-0.05, 0) is 30.3 Å². The van der Waals surface area contributed by atoms with Gasteiger partial charge in [-0.3, -0.25) is 4.98 Å². The second-order valence-corrected chi connectivity index (χ2v) is 5.35. The number of aromatic amines is 1. The van der Waals surface area contributed by atoms with Crippen molar-refractivity contribution in [3.05, 3.63) is 48.7 Å². The molecule has 0 aliphatic rings. The van der Waals surface area contributed by atoms with Crippen LogP contribution in [0.25, 0.3) is 33.3 Å². The van der Waals surface area contributed by atoms with Crippen molar-refractivity contribution < 1.29 is 19.4 Å². The summed E-state index contributed by atoms with van der Waals surface area (Å²) < 4.78 is 10.0. The smallest absolute Gasteiger partial charge is 0.494 e. The molecule has 4 aromatic rings. The van der Waals surface area contributed by atoms with E-state index in [-0.39, 0.29) is 5.75 Å². The van der Waals surface area contributed by atoms with Crippen molar-refractivity contribution in [3.63, 3.8) is 0 Å². The Bertz CT molecular complexity index is 1100. The number of ether oxygens (including phenoxy) is 2. The van der Waals surface area contributed by atoms with Crippen LogP contribution >= 0.6 is 0 Å². The van der Waals surface area contributed by atoms with E-state index in [1.54, 1.807) is 31.5 Å². The fourth-order valence-corrected chi connectivity index (χ4v) is 2.80. The molecule has 0 saturated carbocycles. The number of pyridine rings is 1. The van der Waals surface area contributed by atoms with E-state index in [2.05, 4.69) is 19.7 Å². The first-order chi connectivity index (χ1) is 12.2. The van der Waals surface area contributed by atoms with Crippen molar-refractivity contribution >= 4 is 28.1 Å². The zero-order valence-corrected chi connectivity index (χ0v) is 13.2. The largest absolute Gasteiger partial charge is 0.511 e. The molecule has 0 amide bonds. The van der Waals surface area contributed by atoms with Crippen LogP contribution in [0.4, 0.5) is 4.79 Å². The molecule has 4 rings (SSSR count). The highest BCUT2D eigenvalue weighted by Gasteiger charge is 2.13. The van der Waals surface area contributed by atoms with E-state index in [1.807, 2.05) is 24.3 Å². The topological polar surface area (TPSA) is 97.3 Å². The maximum atomic E-state index is 10.7. The van der Waals surface area contributed by atoms with Gasteiger partial charge in [-0.25, -0.2) is 9.78 Å². The lowest BCUT2D eigenvalue weighted by Crippen LogP contribution is -2.02. The Labute approximate surface area is 141 Å². The lowest BCUT2D eigenvalue weighted by atomic mass is 10.1. The Morgan fingerprint density at radius 2 is 2.08 bits per heavy atom. The molecular weight excluding hydrogens is 322 g/mol. The average Bonchev–Trinajstić information content (AvgIpc) is 3.03. The fourth-order valence-electron chi connectivity index (χ4n) is 2.80. The highest BCUT2D eigenvalue weighted by molar-refractivity contribution is 5.97. The van der Waals surface area contributed by atoms with Gasteiger partial charge in [0.1, 0.15) is 22.8 Å². The standard InChI is InChI=1S/C18H13N3O4/c1-24-15-7-5-12(11-3-2-8-19-16(11)15)17-20-13-6-4-10(25-18(22)23)9-14(13)21-17/h2-9H,1H3,(H,20,21)(H,22,23). The van der Waals surface area contributed by atoms with Gasteiger partial charge in [0, 0.05) is 23.2 Å². The summed E-state index contributed by atoms with van der Waals surface area (Å²) in [4.78, 5) is 22.9. The van der Waals surface area contributed by atoms with E-state index in [4.69, 9.17) is 9.84 Å². The molecule has 0 aliphatic carbocycles. The highest BCUT2D eigenvalue weighted by Crippen LogP contribution is 2.33. The van der Waals surface area contributed by atoms with Crippen LogP contribution in [0.2, 0.25) is 0 Å². The van der Waals surface area contributed by atoms with Gasteiger partial charge < -0.3 is 19.6 Å². The lowest BCUT2D eigenvalue weighted by molar-refractivity contribution is 0.144. The molecule has 2 N–H and O–H groups in total. The first kappa shape index (κ1) is 14.9. The molecule has 2 aromatic carbocycles. The van der Waals surface area contributed by atoms with Crippen LogP contribution in [-0.2, 0) is 0 Å². The van der Waals surface area contributed by atoms with Gasteiger partial charge in [0.15, 0.2) is 0 Å². The number of H-pyrrole nitrogens is 1. The fraction of sp³-hybridized carbons (Fsp3) is 0.0556. The Morgan fingerprint density at radius 1 is 1.20 bits per heavy atom. The third-order valence-corrected chi connectivity index (χ3v) is 3.87. The molecule has 0 unspecified atom stereocenters. The van der Waals surface area contributed by atoms with Crippen molar-refractivity contribution in [1.29, 1.82) is 0 Å². The third kappa shape index (κ3) is 2.61. The van der Waals surface area contributed by atoms with Gasteiger partial charge in [-0.2, -0.15) is 0 Å². The van der Waals surface area contributed by atoms with Gasteiger partial charge in [0.2, 0.25) is 0 Å². The van der Waals surface area contributed by atoms with Crippen LogP contribution in [0.5, 0.6) is 11.5 Å². The molecule has 0 spiro atoms. The number of imidazole rings is 1. The quantitative estimate of drug-likeness (QED) is 0.436. The minimum Gasteiger partial charge on any atom is -0.494 e. The summed E-state index contributed by atoms with van der Waals surface area (Å²) in [5, 5.41) is 9.63. The van der Waals surface area contributed by atoms with Crippen LogP contribution in [-0.4, -0.2) is 33.3 Å². The second-order valence-electron chi connectivity index (χ2n) is 5.35. The summed E-state index contributed by atoms with van der Waals surface area (Å²) in [6, 6.07) is 12.4. The Balaban J connectivity index is 1.87. The summed E-state index contributed by atoms with van der Waals surface area (Å²) in [5.41, 5.74) is 3.01. The molecule has 0 bridgehead atoms. The van der Waals surface area contributed by atoms with E-state index in [0.29, 0.717) is 17.1 Å². The van der Waals surface area contributed by atoms with E-state index in [9.17, 15) is 4.79 Å². The molecule has 7 heteroatoms. The van der Waals surface area contributed by atoms with E-state index in [0.717, 1.165) is 22.0 Å². The van der Waals surface area contributed by atoms with Gasteiger partial charge in [0.05, 0.1) is 18.1 Å². The SMILES string of the molecule is COc1ccc(-c2nc3cc(OC(=O)O)ccc3[nH]2)c2cccnc12. The first-order valence-electron chi connectivity index (χ1n) is 7.48. The number of methoxy groups -OCH3 is 1. The third-order valence-electron chi connectivity index (χ3n) is 3.87. The molecule has 25 heavy (non-hydrogen) atoms. The van der Waals surface area contributed by atoms with Crippen molar-refractivity contribution in [2.45, 2.75) is 0 Å². The Hall–Kier alpha value is -3.61. The number of carbonyl (C=O) groups is 1. The summed E-state index contributed by atoms with van der Waals surface area (Å²) >= 11 is 0. The minimum atomic E-state index is -1.36. The minimum absolute atomic E-state index is 0.222. The molecular formula is C18H13N3O4. The summed E-state index contributed by atoms with van der Waals surface area (Å²) in [6.07, 6.45) is 0.352. The van der Waals surface area contributed by atoms with Crippen LogP contribution in [0, 0.1) is 0 Å². The van der Waals surface area contributed by atoms with Crippen molar-refractivity contribution in [2.24, 2.45) is 0 Å². The molecule has 0 fully saturated rings. The van der Waals surface area contributed by atoms with Crippen LogP contribution in [0.1, 0.15) is 0 Å². The Morgan fingerprint density at radius 3 is 2.88 bits per heavy atom. The molecule has 2 aromatic heterocycles. The van der Waals surface area contributed by atoms with Crippen LogP contribution < -0.4 is 9.47 Å². The number of fused-ring (bicyclic) bond motifs is 2. The second kappa shape index (κ2) is 5.79. The number of carboxylic acid groups (broad SMARTS) is 1. The monoisotopic (exact) mass is 335 g/mol. The maximum Gasteiger partial charge on any atom is 0.511 e. The number of nitrogens with zero attached hydrogens (tertiary/aromatic N) is 2. The zero-order chi connectivity index (χ0) is 17.4.